The number of hydrogen-bond donors (Lipinski definition) is 0. The molecule has 0 bridgehead atoms. The largest absolute Gasteiger partial charge is 0.293 e. The lowest BCUT2D eigenvalue weighted by molar-refractivity contribution is -0.113. The zero-order chi connectivity index (χ0) is 5.98. The van der Waals surface area contributed by atoms with Crippen LogP contribution in [0.15, 0.2) is 16.9 Å². The summed E-state index contributed by atoms with van der Waals surface area (Å²) in [5.41, 5.74) is 0. The van der Waals surface area contributed by atoms with E-state index in [2.05, 4.69) is 4.99 Å². The summed E-state index contributed by atoms with van der Waals surface area (Å²) in [6.07, 6.45) is 1.98. The highest BCUT2D eigenvalue weighted by Gasteiger charge is 2.02. The van der Waals surface area contributed by atoms with Crippen LogP contribution in [0.5, 0.6) is 0 Å². The van der Waals surface area contributed by atoms with E-state index in [1.54, 1.807) is 0 Å². The highest BCUT2D eigenvalue weighted by molar-refractivity contribution is 5.99. The molecule has 2 nitrogen and oxygen atoms in total. The Morgan fingerprint density at radius 1 is 1.75 bits per heavy atom. The number of allylic oxidation sites excluding steroid dienone is 1. The Morgan fingerprint density at radius 3 is 2.88 bits per heavy atom. The van der Waals surface area contributed by atoms with Crippen molar-refractivity contribution in [1.82, 2.24) is 0 Å². The first kappa shape index (κ1) is 5.15. The van der Waals surface area contributed by atoms with E-state index in [1.165, 1.54) is 0 Å². The first-order valence-electron chi connectivity index (χ1n) is 2.19. The zero-order valence-electron chi connectivity index (χ0n) is 4.10. The van der Waals surface area contributed by atoms with Crippen molar-refractivity contribution in [2.75, 3.05) is 6.54 Å². The molecule has 0 radical (unpaired) electrons. The van der Waals surface area contributed by atoms with Crippen LogP contribution in [-0.4, -0.2) is 18.5 Å². The molecule has 0 aromatic rings. The van der Waals surface area contributed by atoms with E-state index < -0.39 is 5.83 Å². The fourth-order valence-electron chi connectivity index (χ4n) is 0.460. The Morgan fingerprint density at radius 2 is 2.50 bits per heavy atom. The first-order valence-corrected chi connectivity index (χ1v) is 2.19. The Kier molecular flexibility index (Phi) is 1.20. The molecule has 1 heterocycles. The smallest absolute Gasteiger partial charge is 0.179 e. The SMILES string of the molecule is O=C1C=C(F)C=NC1. The summed E-state index contributed by atoms with van der Waals surface area (Å²) >= 11 is 0. The van der Waals surface area contributed by atoms with Crippen LogP contribution in [0.4, 0.5) is 4.39 Å². The highest BCUT2D eigenvalue weighted by Crippen LogP contribution is 1.97. The molecule has 0 unspecified atom stereocenters. The van der Waals surface area contributed by atoms with E-state index >= 15 is 0 Å². The first-order chi connectivity index (χ1) is 3.79. The summed E-state index contributed by atoms with van der Waals surface area (Å²) in [5.74, 6) is -0.828. The number of carbonyl (C=O) groups excluding carboxylic acids is 1. The average molecular weight is 113 g/mol. The molecule has 8 heavy (non-hydrogen) atoms. The fraction of sp³-hybridized carbons (Fsp3) is 0.200. The Labute approximate surface area is 45.7 Å². The lowest BCUT2D eigenvalue weighted by Crippen LogP contribution is -2.03. The van der Waals surface area contributed by atoms with Crippen molar-refractivity contribution in [2.24, 2.45) is 4.99 Å². The number of ketones is 1. The van der Waals surface area contributed by atoms with Gasteiger partial charge in [-0.3, -0.25) is 9.79 Å². The van der Waals surface area contributed by atoms with Gasteiger partial charge in [-0.1, -0.05) is 0 Å². The normalized spacial score (nSPS) is 18.6. The molecule has 1 rings (SSSR count). The van der Waals surface area contributed by atoms with Gasteiger partial charge in [-0.15, -0.1) is 0 Å². The van der Waals surface area contributed by atoms with E-state index in [4.69, 9.17) is 0 Å². The summed E-state index contributed by atoms with van der Waals surface area (Å²) in [4.78, 5) is 13.7. The molecule has 0 atom stereocenters. The number of rotatable bonds is 0. The van der Waals surface area contributed by atoms with Gasteiger partial charge in [-0.05, 0) is 0 Å². The molecule has 0 amide bonds. The van der Waals surface area contributed by atoms with Crippen LogP contribution in [0.2, 0.25) is 0 Å². The monoisotopic (exact) mass is 113 g/mol. The van der Waals surface area contributed by atoms with Gasteiger partial charge in [0.2, 0.25) is 0 Å². The van der Waals surface area contributed by atoms with Gasteiger partial charge in [0.15, 0.2) is 5.78 Å². The molecule has 0 N–H and O–H groups in total. The predicted octanol–water partition coefficient (Wildman–Crippen LogP) is 0.493. The van der Waals surface area contributed by atoms with Gasteiger partial charge in [0.25, 0.3) is 0 Å². The molecule has 0 saturated carbocycles. The van der Waals surface area contributed by atoms with Gasteiger partial charge in [0, 0.05) is 6.08 Å². The van der Waals surface area contributed by atoms with Gasteiger partial charge in [0.05, 0.1) is 6.21 Å². The van der Waals surface area contributed by atoms with Crippen LogP contribution in [-0.2, 0) is 4.79 Å². The van der Waals surface area contributed by atoms with Crippen molar-refractivity contribution in [3.63, 3.8) is 0 Å². The Bertz CT molecular complexity index is 171. The second kappa shape index (κ2) is 1.86. The number of aliphatic imine (C=N–C) groups is 1. The average Bonchev–Trinajstić information content (AvgIpc) is 1.64. The van der Waals surface area contributed by atoms with Gasteiger partial charge >= 0.3 is 0 Å². The van der Waals surface area contributed by atoms with Crippen molar-refractivity contribution in [3.05, 3.63) is 11.9 Å². The maximum atomic E-state index is 11.9. The summed E-state index contributed by atoms with van der Waals surface area (Å²) in [5, 5.41) is 0. The van der Waals surface area contributed by atoms with E-state index in [-0.39, 0.29) is 12.3 Å². The molecule has 1 aliphatic heterocycles. The molecule has 1 aliphatic rings. The van der Waals surface area contributed by atoms with Crippen molar-refractivity contribution >= 4 is 12.0 Å². The molecule has 42 valence electrons. The minimum atomic E-state index is -0.554. The van der Waals surface area contributed by atoms with Crippen LogP contribution in [0, 0.1) is 0 Å². The Hall–Kier alpha value is -0.990. The second-order valence-corrected chi connectivity index (χ2v) is 1.47. The van der Waals surface area contributed by atoms with E-state index in [0.717, 1.165) is 12.3 Å². The molecule has 0 fully saturated rings. The lowest BCUT2D eigenvalue weighted by Gasteiger charge is -1.93. The molecule has 0 saturated heterocycles. The standard InChI is InChI=1S/C5H4FNO/c6-4-1-5(8)3-7-2-4/h1-2H,3H2. The minimum Gasteiger partial charge on any atom is -0.293 e. The molecular formula is C5H4FNO. The van der Waals surface area contributed by atoms with Crippen LogP contribution in [0.1, 0.15) is 0 Å². The van der Waals surface area contributed by atoms with Crippen molar-refractivity contribution in [3.8, 4) is 0 Å². The number of halogens is 1. The quantitative estimate of drug-likeness (QED) is 0.449. The molecule has 0 aromatic heterocycles. The summed E-state index contributed by atoms with van der Waals surface area (Å²) in [6.45, 7) is 0.0907. The van der Waals surface area contributed by atoms with Crippen LogP contribution in [0.25, 0.3) is 0 Å². The number of carbonyl (C=O) groups is 1. The highest BCUT2D eigenvalue weighted by atomic mass is 19.1. The number of nitrogens with zero attached hydrogens (tertiary/aromatic N) is 1. The third-order valence-corrected chi connectivity index (χ3v) is 0.761. The van der Waals surface area contributed by atoms with Crippen molar-refractivity contribution < 1.29 is 9.18 Å². The second-order valence-electron chi connectivity index (χ2n) is 1.47. The number of hydrogen-bond acceptors (Lipinski definition) is 2. The maximum absolute atomic E-state index is 11.9. The molecule has 0 spiro atoms. The molecular weight excluding hydrogens is 109 g/mol. The van der Waals surface area contributed by atoms with Gasteiger partial charge in [-0.25, -0.2) is 4.39 Å². The zero-order valence-corrected chi connectivity index (χ0v) is 4.10. The van der Waals surface area contributed by atoms with Crippen LogP contribution >= 0.6 is 0 Å². The van der Waals surface area contributed by atoms with Crippen LogP contribution in [0.3, 0.4) is 0 Å². The third-order valence-electron chi connectivity index (χ3n) is 0.761. The summed E-state index contributed by atoms with van der Waals surface area (Å²) < 4.78 is 11.9. The fourth-order valence-corrected chi connectivity index (χ4v) is 0.460. The van der Waals surface area contributed by atoms with E-state index in [9.17, 15) is 9.18 Å². The van der Waals surface area contributed by atoms with Gasteiger partial charge < -0.3 is 0 Å². The molecule has 3 heteroatoms. The maximum Gasteiger partial charge on any atom is 0.179 e. The number of dihydropyridines is 1. The Balaban J connectivity index is 2.77. The topological polar surface area (TPSA) is 29.4 Å². The third kappa shape index (κ3) is 0.992. The molecule has 0 aliphatic carbocycles. The predicted molar refractivity (Wildman–Crippen MR) is 27.6 cm³/mol. The van der Waals surface area contributed by atoms with Crippen LogP contribution < -0.4 is 0 Å². The minimum absolute atomic E-state index is 0.0907. The lowest BCUT2D eigenvalue weighted by atomic mass is 10.3. The van der Waals surface area contributed by atoms with E-state index in [0.29, 0.717) is 0 Å². The van der Waals surface area contributed by atoms with Crippen molar-refractivity contribution in [1.29, 1.82) is 0 Å². The summed E-state index contributed by atoms with van der Waals surface area (Å²) in [7, 11) is 0. The van der Waals surface area contributed by atoms with Gasteiger partial charge in [0.1, 0.15) is 12.4 Å². The summed E-state index contributed by atoms with van der Waals surface area (Å²) in [6, 6.07) is 0. The van der Waals surface area contributed by atoms with E-state index in [1.807, 2.05) is 0 Å². The van der Waals surface area contributed by atoms with Crippen molar-refractivity contribution in [2.45, 2.75) is 0 Å². The van der Waals surface area contributed by atoms with Gasteiger partial charge in [-0.2, -0.15) is 0 Å². The molecule has 0 aromatic carbocycles.